The van der Waals surface area contributed by atoms with Crippen molar-refractivity contribution in [1.82, 2.24) is 0 Å². The Hall–Kier alpha value is -2.45. The van der Waals surface area contributed by atoms with E-state index in [1.54, 1.807) is 0 Å². The highest BCUT2D eigenvalue weighted by atomic mass is 16.6. The van der Waals surface area contributed by atoms with Crippen molar-refractivity contribution in [3.8, 4) is 0 Å². The number of aliphatic hydroxyl groups is 2. The van der Waals surface area contributed by atoms with E-state index in [4.69, 9.17) is 19.7 Å². The molecule has 2 N–H and O–H groups in total. The minimum atomic E-state index is -1.23. The van der Waals surface area contributed by atoms with Gasteiger partial charge in [0.1, 0.15) is 24.4 Å². The van der Waals surface area contributed by atoms with Crippen molar-refractivity contribution in [2.75, 3.05) is 6.61 Å². The Morgan fingerprint density at radius 3 is 1.96 bits per heavy atom. The molecule has 1 saturated heterocycles. The van der Waals surface area contributed by atoms with Crippen LogP contribution in [0.25, 0.3) is 10.4 Å². The molecule has 0 unspecified atom stereocenters. The quantitative estimate of drug-likeness (QED) is 0.411. The Kier molecular flexibility index (Phi) is 7.39. The van der Waals surface area contributed by atoms with Gasteiger partial charge in [-0.25, -0.2) is 0 Å². The van der Waals surface area contributed by atoms with Gasteiger partial charge in [0.25, 0.3) is 0 Å². The monoisotopic (exact) mass is 385 g/mol. The summed E-state index contributed by atoms with van der Waals surface area (Å²) in [5, 5.41) is 23.9. The molecule has 0 bridgehead atoms. The Morgan fingerprint density at radius 2 is 1.46 bits per heavy atom. The molecule has 0 aliphatic carbocycles. The summed E-state index contributed by atoms with van der Waals surface area (Å²) in [7, 11) is 0. The summed E-state index contributed by atoms with van der Waals surface area (Å²) < 4.78 is 17.5. The van der Waals surface area contributed by atoms with Crippen molar-refractivity contribution in [2.45, 2.75) is 43.9 Å². The van der Waals surface area contributed by atoms with Crippen molar-refractivity contribution < 1.29 is 24.4 Å². The first kappa shape index (κ1) is 20.3. The van der Waals surface area contributed by atoms with Crippen molar-refractivity contribution >= 4 is 0 Å². The van der Waals surface area contributed by atoms with Gasteiger partial charge >= 0.3 is 0 Å². The molecule has 1 heterocycles. The van der Waals surface area contributed by atoms with Crippen LogP contribution in [0, 0.1) is 0 Å². The van der Waals surface area contributed by atoms with Crippen LogP contribution in [0.3, 0.4) is 0 Å². The van der Waals surface area contributed by atoms with Crippen LogP contribution in [0.1, 0.15) is 11.1 Å². The summed E-state index contributed by atoms with van der Waals surface area (Å²) in [6, 6.07) is 19.0. The summed E-state index contributed by atoms with van der Waals surface area (Å²) in [4.78, 5) is 2.71. The lowest BCUT2D eigenvalue weighted by Crippen LogP contribution is -2.59. The predicted octanol–water partition coefficient (Wildman–Crippen LogP) is 2.55. The summed E-state index contributed by atoms with van der Waals surface area (Å²) in [6.45, 7) is 0.124. The van der Waals surface area contributed by atoms with E-state index in [9.17, 15) is 10.2 Å². The van der Waals surface area contributed by atoms with Gasteiger partial charge in [-0.05, 0) is 16.7 Å². The first-order valence-electron chi connectivity index (χ1n) is 9.02. The Balaban J connectivity index is 1.77. The Labute approximate surface area is 162 Å². The maximum atomic E-state index is 10.6. The topological polar surface area (TPSA) is 117 Å². The highest BCUT2D eigenvalue weighted by Gasteiger charge is 2.46. The van der Waals surface area contributed by atoms with Crippen molar-refractivity contribution in [3.05, 3.63) is 82.2 Å². The van der Waals surface area contributed by atoms with E-state index in [1.807, 2.05) is 60.7 Å². The standard InChI is InChI=1S/C20H23N3O5/c21-23-22-20-17(25)19(27-13-15-9-5-2-6-10-15)18(16(11-24)28-20)26-12-14-7-3-1-4-8-14/h1-10,16-20,24-25H,11-13H2/t16-,17+,18-,19-,20+/m1/s1. The summed E-state index contributed by atoms with van der Waals surface area (Å²) in [5.74, 6) is 0. The second kappa shape index (κ2) is 10.2. The first-order valence-corrected chi connectivity index (χ1v) is 9.02. The maximum Gasteiger partial charge on any atom is 0.165 e. The molecule has 2 aromatic carbocycles. The van der Waals surface area contributed by atoms with Crippen molar-refractivity contribution in [3.63, 3.8) is 0 Å². The third-order valence-electron chi connectivity index (χ3n) is 4.55. The molecule has 0 spiro atoms. The highest BCUT2D eigenvalue weighted by Crippen LogP contribution is 2.28. The van der Waals surface area contributed by atoms with Crippen LogP contribution >= 0.6 is 0 Å². The van der Waals surface area contributed by atoms with E-state index in [0.29, 0.717) is 0 Å². The van der Waals surface area contributed by atoms with Gasteiger partial charge < -0.3 is 24.4 Å². The first-order chi connectivity index (χ1) is 13.7. The van der Waals surface area contributed by atoms with Crippen LogP contribution in [0.2, 0.25) is 0 Å². The van der Waals surface area contributed by atoms with Crippen LogP contribution < -0.4 is 0 Å². The third kappa shape index (κ3) is 5.08. The average molecular weight is 385 g/mol. The molecule has 5 atom stereocenters. The lowest BCUT2D eigenvalue weighted by Gasteiger charge is -2.42. The zero-order valence-corrected chi connectivity index (χ0v) is 15.2. The zero-order chi connectivity index (χ0) is 19.8. The summed E-state index contributed by atoms with van der Waals surface area (Å²) >= 11 is 0. The van der Waals surface area contributed by atoms with Crippen LogP contribution in [-0.4, -0.2) is 47.5 Å². The third-order valence-corrected chi connectivity index (χ3v) is 4.55. The number of hydrogen-bond donors (Lipinski definition) is 2. The molecule has 0 amide bonds. The van der Waals surface area contributed by atoms with E-state index in [1.165, 1.54) is 0 Å². The normalized spacial score (nSPS) is 27.1. The molecule has 0 saturated carbocycles. The molecular formula is C20H23N3O5. The molecule has 0 aromatic heterocycles. The smallest absolute Gasteiger partial charge is 0.165 e. The van der Waals surface area contributed by atoms with E-state index in [-0.39, 0.29) is 19.8 Å². The van der Waals surface area contributed by atoms with Gasteiger partial charge in [-0.15, -0.1) is 0 Å². The van der Waals surface area contributed by atoms with Crippen molar-refractivity contribution in [1.29, 1.82) is 0 Å². The Morgan fingerprint density at radius 1 is 0.929 bits per heavy atom. The van der Waals surface area contributed by atoms with Crippen LogP contribution in [0.15, 0.2) is 65.8 Å². The molecule has 1 aliphatic rings. The number of ether oxygens (including phenoxy) is 3. The molecule has 148 valence electrons. The molecule has 8 heteroatoms. The van der Waals surface area contributed by atoms with E-state index in [2.05, 4.69) is 10.0 Å². The fourth-order valence-corrected chi connectivity index (χ4v) is 3.13. The molecular weight excluding hydrogens is 362 g/mol. The fourth-order valence-electron chi connectivity index (χ4n) is 3.13. The Bertz CT molecular complexity index is 770. The number of rotatable bonds is 8. The second-order valence-corrected chi connectivity index (χ2v) is 6.47. The SMILES string of the molecule is [N-]=[N+]=N[C@H]1O[C@H](CO)[C@@H](OCc2ccccc2)[C@H](OCc2ccccc2)[C@@H]1O. The number of aliphatic hydroxyl groups excluding tert-OH is 2. The molecule has 1 fully saturated rings. The van der Waals surface area contributed by atoms with Gasteiger partial charge in [0.2, 0.25) is 0 Å². The number of benzene rings is 2. The average Bonchev–Trinajstić information content (AvgIpc) is 2.74. The van der Waals surface area contributed by atoms with Gasteiger partial charge in [-0.3, -0.25) is 0 Å². The lowest BCUT2D eigenvalue weighted by molar-refractivity contribution is -0.256. The molecule has 0 radical (unpaired) electrons. The van der Waals surface area contributed by atoms with Crippen LogP contribution in [-0.2, 0) is 27.4 Å². The maximum absolute atomic E-state index is 10.6. The van der Waals surface area contributed by atoms with Gasteiger partial charge in [0, 0.05) is 4.91 Å². The molecule has 3 rings (SSSR count). The molecule has 2 aromatic rings. The molecule has 28 heavy (non-hydrogen) atoms. The summed E-state index contributed by atoms with van der Waals surface area (Å²) in [5.41, 5.74) is 10.6. The number of hydrogen-bond acceptors (Lipinski definition) is 6. The minimum absolute atomic E-state index is 0.231. The highest BCUT2D eigenvalue weighted by molar-refractivity contribution is 5.14. The molecule has 8 nitrogen and oxygen atoms in total. The van der Waals surface area contributed by atoms with Crippen LogP contribution in [0.4, 0.5) is 0 Å². The van der Waals surface area contributed by atoms with E-state index in [0.717, 1.165) is 11.1 Å². The zero-order valence-electron chi connectivity index (χ0n) is 15.2. The van der Waals surface area contributed by atoms with Crippen LogP contribution in [0.5, 0.6) is 0 Å². The van der Waals surface area contributed by atoms with E-state index < -0.39 is 30.6 Å². The number of nitrogens with zero attached hydrogens (tertiary/aromatic N) is 3. The minimum Gasteiger partial charge on any atom is -0.394 e. The van der Waals surface area contributed by atoms with Gasteiger partial charge in [-0.1, -0.05) is 65.8 Å². The largest absolute Gasteiger partial charge is 0.394 e. The second-order valence-electron chi connectivity index (χ2n) is 6.47. The number of azide groups is 1. The molecule has 1 aliphatic heterocycles. The van der Waals surface area contributed by atoms with Gasteiger partial charge in [0.05, 0.1) is 19.8 Å². The van der Waals surface area contributed by atoms with Gasteiger partial charge in [-0.2, -0.15) is 0 Å². The lowest BCUT2D eigenvalue weighted by atomic mass is 9.97. The summed E-state index contributed by atoms with van der Waals surface area (Å²) in [6.07, 6.45) is -4.79. The van der Waals surface area contributed by atoms with Crippen molar-refractivity contribution in [2.24, 2.45) is 5.11 Å². The predicted molar refractivity (Wildman–Crippen MR) is 101 cm³/mol. The van der Waals surface area contributed by atoms with Gasteiger partial charge in [0.15, 0.2) is 6.23 Å². The fraction of sp³-hybridized carbons (Fsp3) is 0.400. The van der Waals surface area contributed by atoms with E-state index >= 15 is 0 Å².